The highest BCUT2D eigenvalue weighted by Gasteiger charge is 2.46. The van der Waals surface area contributed by atoms with Crippen molar-refractivity contribution in [3.63, 3.8) is 0 Å². The average molecular weight is 382 g/mol. The molecule has 0 aromatic heterocycles. The standard InChI is InChI=1S/C16H32O8.C2H6/c1-5-9(3)10(7-17)22-12(6-2)24-15-11(8-18)23-16(21-4)14(20)13(15)19;1-2/h9-20H,5-8H2,1-4H3;1-2H3. The molecule has 8 nitrogen and oxygen atoms in total. The van der Waals surface area contributed by atoms with Gasteiger partial charge in [-0.1, -0.05) is 41.0 Å². The van der Waals surface area contributed by atoms with E-state index in [2.05, 4.69) is 0 Å². The van der Waals surface area contributed by atoms with Gasteiger partial charge in [0.2, 0.25) is 0 Å². The Morgan fingerprint density at radius 3 is 2.08 bits per heavy atom. The molecule has 4 N–H and O–H groups in total. The highest BCUT2D eigenvalue weighted by Crippen LogP contribution is 2.26. The van der Waals surface area contributed by atoms with Crippen molar-refractivity contribution >= 4 is 0 Å². The predicted octanol–water partition coefficient (Wildman–Crippen LogP) is 0.643. The first kappa shape index (κ1) is 25.7. The van der Waals surface area contributed by atoms with Crippen molar-refractivity contribution < 1.29 is 39.4 Å². The maximum atomic E-state index is 10.3. The smallest absolute Gasteiger partial charge is 0.186 e. The van der Waals surface area contributed by atoms with Crippen LogP contribution in [0.5, 0.6) is 0 Å². The molecule has 0 radical (unpaired) electrons. The maximum Gasteiger partial charge on any atom is 0.186 e. The molecule has 8 unspecified atom stereocenters. The third-order valence-corrected chi connectivity index (χ3v) is 4.48. The molecule has 1 fully saturated rings. The lowest BCUT2D eigenvalue weighted by Gasteiger charge is -2.42. The molecule has 1 rings (SSSR count). The third kappa shape index (κ3) is 7.01. The summed E-state index contributed by atoms with van der Waals surface area (Å²) in [5, 5.41) is 39.3. The summed E-state index contributed by atoms with van der Waals surface area (Å²) in [6.07, 6.45) is -5.27. The molecule has 8 heteroatoms. The van der Waals surface area contributed by atoms with Gasteiger partial charge in [0.15, 0.2) is 12.6 Å². The van der Waals surface area contributed by atoms with Crippen LogP contribution in [-0.2, 0) is 18.9 Å². The van der Waals surface area contributed by atoms with Crippen LogP contribution >= 0.6 is 0 Å². The van der Waals surface area contributed by atoms with Crippen LogP contribution in [0.1, 0.15) is 47.5 Å². The van der Waals surface area contributed by atoms with Gasteiger partial charge in [0, 0.05) is 7.11 Å². The Bertz CT molecular complexity index is 341. The van der Waals surface area contributed by atoms with E-state index in [1.807, 2.05) is 34.6 Å². The van der Waals surface area contributed by atoms with Crippen LogP contribution < -0.4 is 0 Å². The first-order valence-electron chi connectivity index (χ1n) is 9.50. The lowest BCUT2D eigenvalue weighted by Crippen LogP contribution is -2.60. The Morgan fingerprint density at radius 1 is 1.04 bits per heavy atom. The van der Waals surface area contributed by atoms with Crippen LogP contribution in [0, 0.1) is 5.92 Å². The second kappa shape index (κ2) is 13.8. The van der Waals surface area contributed by atoms with Crippen molar-refractivity contribution in [1.82, 2.24) is 0 Å². The van der Waals surface area contributed by atoms with Gasteiger partial charge in [-0.25, -0.2) is 0 Å². The number of rotatable bonds is 10. The van der Waals surface area contributed by atoms with Gasteiger partial charge in [0.1, 0.15) is 24.4 Å². The molecule has 0 saturated carbocycles. The molecule has 1 aliphatic heterocycles. The summed E-state index contributed by atoms with van der Waals surface area (Å²) in [6, 6.07) is 0. The zero-order valence-electron chi connectivity index (χ0n) is 16.9. The Kier molecular flexibility index (Phi) is 13.6. The van der Waals surface area contributed by atoms with Crippen LogP contribution in [0.3, 0.4) is 0 Å². The molecular weight excluding hydrogens is 344 g/mol. The van der Waals surface area contributed by atoms with Gasteiger partial charge in [-0.05, 0) is 12.3 Å². The topological polar surface area (TPSA) is 118 Å². The highest BCUT2D eigenvalue weighted by atomic mass is 16.7. The lowest BCUT2D eigenvalue weighted by atomic mass is 9.99. The molecule has 158 valence electrons. The minimum absolute atomic E-state index is 0.136. The van der Waals surface area contributed by atoms with Gasteiger partial charge < -0.3 is 39.4 Å². The van der Waals surface area contributed by atoms with Crippen LogP contribution in [0.15, 0.2) is 0 Å². The minimum atomic E-state index is -1.30. The van der Waals surface area contributed by atoms with Crippen LogP contribution in [0.25, 0.3) is 0 Å². The molecule has 0 aromatic carbocycles. The zero-order valence-corrected chi connectivity index (χ0v) is 16.9. The largest absolute Gasteiger partial charge is 0.394 e. The van der Waals surface area contributed by atoms with Crippen LogP contribution in [0.2, 0.25) is 0 Å². The Labute approximate surface area is 157 Å². The van der Waals surface area contributed by atoms with Crippen molar-refractivity contribution in [2.45, 2.75) is 90.6 Å². The molecule has 1 saturated heterocycles. The number of hydrogen-bond acceptors (Lipinski definition) is 8. The summed E-state index contributed by atoms with van der Waals surface area (Å²) in [4.78, 5) is 0. The monoisotopic (exact) mass is 382 g/mol. The number of methoxy groups -OCH3 is 1. The maximum absolute atomic E-state index is 10.3. The van der Waals surface area contributed by atoms with E-state index in [9.17, 15) is 20.4 Å². The second-order valence-corrected chi connectivity index (χ2v) is 6.12. The van der Waals surface area contributed by atoms with E-state index in [0.717, 1.165) is 6.42 Å². The summed E-state index contributed by atoms with van der Waals surface area (Å²) < 4.78 is 21.9. The first-order valence-corrected chi connectivity index (χ1v) is 9.50. The van der Waals surface area contributed by atoms with Crippen molar-refractivity contribution in [2.75, 3.05) is 20.3 Å². The predicted molar refractivity (Wildman–Crippen MR) is 96.5 cm³/mol. The van der Waals surface area contributed by atoms with Crippen molar-refractivity contribution in [1.29, 1.82) is 0 Å². The summed E-state index contributed by atoms with van der Waals surface area (Å²) >= 11 is 0. The van der Waals surface area contributed by atoms with Gasteiger partial charge in [0.05, 0.1) is 19.3 Å². The fraction of sp³-hybridized carbons (Fsp3) is 1.00. The molecule has 1 heterocycles. The summed E-state index contributed by atoms with van der Waals surface area (Å²) in [5.74, 6) is 0.136. The Morgan fingerprint density at radius 2 is 1.65 bits per heavy atom. The highest BCUT2D eigenvalue weighted by molar-refractivity contribution is 4.90. The fourth-order valence-corrected chi connectivity index (χ4v) is 2.63. The normalized spacial score (nSPS) is 32.3. The van der Waals surface area contributed by atoms with Gasteiger partial charge >= 0.3 is 0 Å². The molecule has 1 aliphatic rings. The third-order valence-electron chi connectivity index (χ3n) is 4.48. The van der Waals surface area contributed by atoms with Crippen LogP contribution in [-0.4, -0.2) is 83.8 Å². The van der Waals surface area contributed by atoms with E-state index in [4.69, 9.17) is 18.9 Å². The average Bonchev–Trinajstić information content (AvgIpc) is 2.69. The van der Waals surface area contributed by atoms with Gasteiger partial charge in [-0.2, -0.15) is 0 Å². The Hall–Kier alpha value is -0.320. The molecule has 0 aliphatic carbocycles. The van der Waals surface area contributed by atoms with Crippen LogP contribution in [0.4, 0.5) is 0 Å². The molecule has 0 aromatic rings. The minimum Gasteiger partial charge on any atom is -0.394 e. The summed E-state index contributed by atoms with van der Waals surface area (Å²) in [5.41, 5.74) is 0. The molecule has 0 bridgehead atoms. The molecule has 26 heavy (non-hydrogen) atoms. The number of aliphatic hydroxyl groups is 4. The van der Waals surface area contributed by atoms with E-state index in [0.29, 0.717) is 6.42 Å². The van der Waals surface area contributed by atoms with Gasteiger partial charge in [0.25, 0.3) is 0 Å². The molecule has 0 spiro atoms. The number of aliphatic hydroxyl groups excluding tert-OH is 4. The van der Waals surface area contributed by atoms with E-state index >= 15 is 0 Å². The van der Waals surface area contributed by atoms with Gasteiger partial charge in [-0.15, -0.1) is 0 Å². The molecule has 8 atom stereocenters. The fourth-order valence-electron chi connectivity index (χ4n) is 2.63. The molecular formula is C18H38O8. The number of hydrogen-bond donors (Lipinski definition) is 4. The van der Waals surface area contributed by atoms with E-state index in [1.54, 1.807) is 0 Å². The van der Waals surface area contributed by atoms with E-state index < -0.39 is 49.7 Å². The van der Waals surface area contributed by atoms with Crippen molar-refractivity contribution in [3.8, 4) is 0 Å². The summed E-state index contributed by atoms with van der Waals surface area (Å²) in [6.45, 7) is 9.26. The molecule has 0 amide bonds. The quantitative estimate of drug-likeness (QED) is 0.407. The van der Waals surface area contributed by atoms with Gasteiger partial charge in [-0.3, -0.25) is 0 Å². The van der Waals surface area contributed by atoms with Crippen molar-refractivity contribution in [2.24, 2.45) is 5.92 Å². The zero-order chi connectivity index (χ0) is 20.3. The van der Waals surface area contributed by atoms with E-state index in [1.165, 1.54) is 7.11 Å². The first-order chi connectivity index (χ1) is 12.4. The lowest BCUT2D eigenvalue weighted by molar-refractivity contribution is -0.327. The SMILES string of the molecule is CC.CCC(OC(CO)C(C)CC)OC1C(CO)OC(OC)C(O)C1O. The summed E-state index contributed by atoms with van der Waals surface area (Å²) in [7, 11) is 1.34. The number of ether oxygens (including phenoxy) is 4. The van der Waals surface area contributed by atoms with E-state index in [-0.39, 0.29) is 12.5 Å². The Balaban J connectivity index is 0.00000301. The second-order valence-electron chi connectivity index (χ2n) is 6.12. The van der Waals surface area contributed by atoms with Crippen molar-refractivity contribution in [3.05, 3.63) is 0 Å².